The number of nitrogen functional groups attached to an aromatic ring is 1. The lowest BCUT2D eigenvalue weighted by Crippen LogP contribution is -1.97. The van der Waals surface area contributed by atoms with Gasteiger partial charge in [-0.2, -0.15) is 5.10 Å². The maximum Gasteiger partial charge on any atom is 0.130 e. The van der Waals surface area contributed by atoms with E-state index < -0.39 is 0 Å². The fourth-order valence-corrected chi connectivity index (χ4v) is 3.46. The number of aromatic nitrogens is 2. The Morgan fingerprint density at radius 1 is 1.10 bits per heavy atom. The molecule has 0 saturated carbocycles. The Kier molecular flexibility index (Phi) is 3.46. The van der Waals surface area contributed by atoms with Crippen molar-refractivity contribution < 1.29 is 0 Å². The van der Waals surface area contributed by atoms with Crippen molar-refractivity contribution in [1.82, 2.24) is 9.78 Å². The molecule has 20 heavy (non-hydrogen) atoms. The molecule has 2 aromatic heterocycles. The predicted molar refractivity (Wildman–Crippen MR) is 86.4 cm³/mol. The van der Waals surface area contributed by atoms with Gasteiger partial charge >= 0.3 is 0 Å². The van der Waals surface area contributed by atoms with Gasteiger partial charge in [-0.05, 0) is 23.6 Å². The van der Waals surface area contributed by atoms with Crippen molar-refractivity contribution in [3.05, 3.63) is 45.8 Å². The number of aryl methyl sites for hydroxylation is 1. The van der Waals surface area contributed by atoms with Crippen molar-refractivity contribution in [3.8, 4) is 21.7 Å². The minimum Gasteiger partial charge on any atom is -0.383 e. The SMILES string of the molecule is Cn1nc(-c2c(Cl)cccc2Cl)c(-c2cccs2)c1N. The number of hydrogen-bond acceptors (Lipinski definition) is 3. The Morgan fingerprint density at radius 2 is 1.80 bits per heavy atom. The predicted octanol–water partition coefficient (Wildman–Crippen LogP) is 4.70. The van der Waals surface area contributed by atoms with Gasteiger partial charge in [-0.3, -0.25) is 4.68 Å². The van der Waals surface area contributed by atoms with Crippen molar-refractivity contribution in [1.29, 1.82) is 0 Å². The lowest BCUT2D eigenvalue weighted by atomic mass is 10.1. The molecule has 0 amide bonds. The number of nitrogens with two attached hydrogens (primary N) is 1. The molecule has 0 aliphatic heterocycles. The first-order valence-corrected chi connectivity index (χ1v) is 7.54. The fourth-order valence-electron chi connectivity index (χ4n) is 2.10. The summed E-state index contributed by atoms with van der Waals surface area (Å²) in [6, 6.07) is 9.39. The average molecular weight is 324 g/mol. The third-order valence-corrected chi connectivity index (χ3v) is 4.58. The number of hydrogen-bond donors (Lipinski definition) is 1. The second-order valence-electron chi connectivity index (χ2n) is 4.31. The Balaban J connectivity index is 2.33. The van der Waals surface area contributed by atoms with E-state index in [2.05, 4.69) is 5.10 Å². The molecule has 2 N–H and O–H groups in total. The zero-order chi connectivity index (χ0) is 14.3. The van der Waals surface area contributed by atoms with Crippen molar-refractivity contribution in [2.24, 2.45) is 7.05 Å². The molecule has 0 aliphatic carbocycles. The van der Waals surface area contributed by atoms with Crippen LogP contribution in [0.3, 0.4) is 0 Å². The van der Waals surface area contributed by atoms with Crippen LogP contribution in [-0.2, 0) is 7.05 Å². The summed E-state index contributed by atoms with van der Waals surface area (Å²) in [5.74, 6) is 0.596. The normalized spacial score (nSPS) is 10.9. The number of benzene rings is 1. The topological polar surface area (TPSA) is 43.8 Å². The zero-order valence-corrected chi connectivity index (χ0v) is 12.9. The van der Waals surface area contributed by atoms with Crippen LogP contribution in [0.4, 0.5) is 5.82 Å². The van der Waals surface area contributed by atoms with Crippen LogP contribution in [0, 0.1) is 0 Å². The van der Waals surface area contributed by atoms with Gasteiger partial charge in [0.1, 0.15) is 11.5 Å². The molecule has 0 atom stereocenters. The summed E-state index contributed by atoms with van der Waals surface area (Å²) < 4.78 is 1.64. The van der Waals surface area contributed by atoms with Gasteiger partial charge in [-0.1, -0.05) is 35.3 Å². The number of anilines is 1. The molecule has 1 aromatic carbocycles. The standard InChI is InChI=1S/C14H11Cl2N3S/c1-19-14(17)12(10-6-3-7-20-10)13(18-19)11-8(15)4-2-5-9(11)16/h2-7H,17H2,1H3. The Morgan fingerprint density at radius 3 is 2.40 bits per heavy atom. The van der Waals surface area contributed by atoms with E-state index in [9.17, 15) is 0 Å². The van der Waals surface area contributed by atoms with Crippen LogP contribution in [0.2, 0.25) is 10.0 Å². The zero-order valence-electron chi connectivity index (χ0n) is 10.6. The van der Waals surface area contributed by atoms with Crippen molar-refractivity contribution in [3.63, 3.8) is 0 Å². The van der Waals surface area contributed by atoms with E-state index in [0.29, 0.717) is 27.1 Å². The molecule has 3 nitrogen and oxygen atoms in total. The van der Waals surface area contributed by atoms with E-state index in [0.717, 1.165) is 10.4 Å². The Hall–Kier alpha value is -1.49. The number of nitrogens with zero attached hydrogens (tertiary/aromatic N) is 2. The second-order valence-corrected chi connectivity index (χ2v) is 6.07. The Bertz CT molecular complexity index is 743. The molecule has 0 unspecified atom stereocenters. The van der Waals surface area contributed by atoms with Crippen LogP contribution in [-0.4, -0.2) is 9.78 Å². The minimum absolute atomic E-state index is 0.563. The van der Waals surface area contributed by atoms with Gasteiger partial charge in [0, 0.05) is 17.5 Å². The molecule has 102 valence electrons. The third kappa shape index (κ3) is 2.10. The Labute approximate surface area is 130 Å². The summed E-state index contributed by atoms with van der Waals surface area (Å²) in [5, 5.41) is 7.61. The maximum atomic E-state index is 6.29. The molecule has 0 aliphatic rings. The van der Waals surface area contributed by atoms with Gasteiger partial charge < -0.3 is 5.73 Å². The van der Waals surface area contributed by atoms with Gasteiger partial charge in [-0.25, -0.2) is 0 Å². The van der Waals surface area contributed by atoms with E-state index in [1.54, 1.807) is 35.2 Å². The average Bonchev–Trinajstić information content (AvgIpc) is 3.00. The number of rotatable bonds is 2. The van der Waals surface area contributed by atoms with Crippen molar-refractivity contribution >= 4 is 40.4 Å². The third-order valence-electron chi connectivity index (χ3n) is 3.06. The van der Waals surface area contributed by atoms with Crippen LogP contribution in [0.25, 0.3) is 21.7 Å². The van der Waals surface area contributed by atoms with E-state index in [1.165, 1.54) is 0 Å². The number of thiophene rings is 1. The van der Waals surface area contributed by atoms with Gasteiger partial charge in [-0.15, -0.1) is 11.3 Å². The molecule has 6 heteroatoms. The first kappa shape index (κ1) is 13.5. The molecule has 0 bridgehead atoms. The lowest BCUT2D eigenvalue weighted by molar-refractivity contribution is 0.782. The highest BCUT2D eigenvalue weighted by molar-refractivity contribution is 7.13. The largest absolute Gasteiger partial charge is 0.383 e. The van der Waals surface area contributed by atoms with Gasteiger partial charge in [0.05, 0.1) is 15.6 Å². The molecule has 0 saturated heterocycles. The fraction of sp³-hybridized carbons (Fsp3) is 0.0714. The second kappa shape index (κ2) is 5.13. The molecular weight excluding hydrogens is 313 g/mol. The van der Waals surface area contributed by atoms with Gasteiger partial charge in [0.15, 0.2) is 0 Å². The molecule has 3 rings (SSSR count). The summed E-state index contributed by atoms with van der Waals surface area (Å²) in [4.78, 5) is 1.04. The van der Waals surface area contributed by atoms with Gasteiger partial charge in [0.25, 0.3) is 0 Å². The van der Waals surface area contributed by atoms with Crippen LogP contribution < -0.4 is 5.73 Å². The molecule has 0 radical (unpaired) electrons. The summed E-state index contributed by atoms with van der Waals surface area (Å²) in [7, 11) is 1.81. The lowest BCUT2D eigenvalue weighted by Gasteiger charge is -2.06. The quantitative estimate of drug-likeness (QED) is 0.742. The van der Waals surface area contributed by atoms with Crippen molar-refractivity contribution in [2.75, 3.05) is 5.73 Å². The maximum absolute atomic E-state index is 6.29. The molecular formula is C14H11Cl2N3S. The summed E-state index contributed by atoms with van der Waals surface area (Å²) in [5.41, 5.74) is 8.45. The summed E-state index contributed by atoms with van der Waals surface area (Å²) in [6.45, 7) is 0. The first-order valence-electron chi connectivity index (χ1n) is 5.90. The molecule has 0 fully saturated rings. The summed E-state index contributed by atoms with van der Waals surface area (Å²) in [6.07, 6.45) is 0. The van der Waals surface area contributed by atoms with Crippen LogP contribution in [0.15, 0.2) is 35.7 Å². The van der Waals surface area contributed by atoms with Crippen molar-refractivity contribution in [2.45, 2.75) is 0 Å². The van der Waals surface area contributed by atoms with Crippen LogP contribution in [0.1, 0.15) is 0 Å². The molecule has 3 aromatic rings. The van der Waals surface area contributed by atoms with E-state index in [4.69, 9.17) is 28.9 Å². The molecule has 0 spiro atoms. The summed E-state index contributed by atoms with van der Waals surface area (Å²) >= 11 is 14.2. The molecule has 2 heterocycles. The highest BCUT2D eigenvalue weighted by atomic mass is 35.5. The highest BCUT2D eigenvalue weighted by Crippen LogP contribution is 2.43. The number of halogens is 2. The minimum atomic E-state index is 0.563. The van der Waals surface area contributed by atoms with Crippen LogP contribution >= 0.6 is 34.5 Å². The smallest absolute Gasteiger partial charge is 0.130 e. The first-order chi connectivity index (χ1) is 9.59. The van der Waals surface area contributed by atoms with E-state index in [1.807, 2.05) is 23.6 Å². The van der Waals surface area contributed by atoms with Gasteiger partial charge in [0.2, 0.25) is 0 Å². The van der Waals surface area contributed by atoms with Crippen LogP contribution in [0.5, 0.6) is 0 Å². The van der Waals surface area contributed by atoms with E-state index in [-0.39, 0.29) is 0 Å². The highest BCUT2D eigenvalue weighted by Gasteiger charge is 2.21. The monoisotopic (exact) mass is 323 g/mol. The van der Waals surface area contributed by atoms with E-state index >= 15 is 0 Å².